The second kappa shape index (κ2) is 22.4. The third-order valence-electron chi connectivity index (χ3n) is 12.0. The van der Waals surface area contributed by atoms with E-state index in [9.17, 15) is 44.0 Å². The molecular formula is C56H43F4N7O7S2. The van der Waals surface area contributed by atoms with Crippen LogP contribution in [0.5, 0.6) is 6.01 Å². The van der Waals surface area contributed by atoms with Gasteiger partial charge in [0.1, 0.15) is 34.8 Å². The van der Waals surface area contributed by atoms with E-state index in [1.165, 1.54) is 41.0 Å². The lowest BCUT2D eigenvalue weighted by atomic mass is 10.0. The maximum Gasteiger partial charge on any atom is 0.316 e. The second-order valence-corrected chi connectivity index (χ2v) is 21.4. The molecule has 76 heavy (non-hydrogen) atoms. The van der Waals surface area contributed by atoms with E-state index in [0.29, 0.717) is 23.5 Å². The van der Waals surface area contributed by atoms with Crippen LogP contribution in [0.4, 0.5) is 17.6 Å². The number of sulfone groups is 2. The molecule has 4 aromatic carbocycles. The zero-order chi connectivity index (χ0) is 53.6. The highest BCUT2D eigenvalue weighted by Crippen LogP contribution is 2.33. The lowest BCUT2D eigenvalue weighted by Gasteiger charge is -2.08. The van der Waals surface area contributed by atoms with Crippen molar-refractivity contribution in [2.24, 2.45) is 0 Å². The average Bonchev–Trinajstić information content (AvgIpc) is 3.99. The van der Waals surface area contributed by atoms with Crippen LogP contribution in [0.15, 0.2) is 181 Å². The van der Waals surface area contributed by atoms with Gasteiger partial charge in [-0.2, -0.15) is 0 Å². The number of halogens is 4. The summed E-state index contributed by atoms with van der Waals surface area (Å²) in [7, 11) is -7.03. The van der Waals surface area contributed by atoms with Gasteiger partial charge in [0.25, 0.3) is 0 Å². The first kappa shape index (κ1) is 52.1. The van der Waals surface area contributed by atoms with Gasteiger partial charge in [-0.25, -0.2) is 44.4 Å². The molecule has 0 radical (unpaired) electrons. The molecule has 0 fully saturated rings. The summed E-state index contributed by atoms with van der Waals surface area (Å²) in [4.78, 5) is 44.9. The summed E-state index contributed by atoms with van der Waals surface area (Å²) < 4.78 is 119. The maximum atomic E-state index is 15.0. The molecule has 6 aromatic heterocycles. The minimum Gasteiger partial charge on any atom is -0.467 e. The molecule has 10 rings (SSSR count). The Labute approximate surface area is 433 Å². The summed E-state index contributed by atoms with van der Waals surface area (Å²) >= 11 is 0. The van der Waals surface area contributed by atoms with Crippen molar-refractivity contribution in [3.63, 3.8) is 0 Å². The normalized spacial score (nSPS) is 11.6. The van der Waals surface area contributed by atoms with E-state index in [4.69, 9.17) is 4.74 Å². The van der Waals surface area contributed by atoms with E-state index in [0.717, 1.165) is 45.5 Å². The van der Waals surface area contributed by atoms with Gasteiger partial charge in [0.15, 0.2) is 31.2 Å². The first-order chi connectivity index (χ1) is 36.5. The van der Waals surface area contributed by atoms with Gasteiger partial charge in [-0.1, -0.05) is 54.6 Å². The van der Waals surface area contributed by atoms with Crippen LogP contribution >= 0.6 is 0 Å². The van der Waals surface area contributed by atoms with E-state index in [2.05, 4.69) is 24.9 Å². The smallest absolute Gasteiger partial charge is 0.316 e. The Hall–Kier alpha value is -8.75. The lowest BCUT2D eigenvalue weighted by molar-refractivity contribution is -0.117. The number of rotatable bonds is 17. The molecule has 0 unspecified atom stereocenters. The Kier molecular flexibility index (Phi) is 15.4. The number of Topliss-reactive ketones (excluding diaryl/α,β-unsaturated/α-hetero) is 2. The number of methoxy groups -OCH3 is 1. The van der Waals surface area contributed by atoms with Crippen LogP contribution in [0.25, 0.3) is 44.1 Å². The van der Waals surface area contributed by atoms with Crippen LogP contribution in [0.3, 0.4) is 0 Å². The molecule has 0 aliphatic carbocycles. The Morgan fingerprint density at radius 2 is 0.987 bits per heavy atom. The molecule has 0 aliphatic heterocycles. The predicted octanol–water partition coefficient (Wildman–Crippen LogP) is 9.42. The van der Waals surface area contributed by atoms with Crippen LogP contribution in [0, 0.1) is 23.3 Å². The summed E-state index contributed by atoms with van der Waals surface area (Å²) in [6.45, 7) is 0.270. The van der Waals surface area contributed by atoms with Gasteiger partial charge in [-0.3, -0.25) is 24.5 Å². The molecule has 384 valence electrons. The van der Waals surface area contributed by atoms with E-state index in [1.54, 1.807) is 73.3 Å². The minimum absolute atomic E-state index is 0.0569. The summed E-state index contributed by atoms with van der Waals surface area (Å²) in [6, 6.07) is 32.2. The number of benzene rings is 4. The standard InChI is InChI=1S/C28H22F2N4O4S.C28H21F2N3O3S/c1-38-28-32-13-20(14-33-28)19-6-4-5-18(9-19)15-34-16-26(27-24(30)10-21(29)11-25(27)34)39(36,37)17-23(35)12-22-7-2-3-8-31-22;29-22-12-25(30)28-26(13-22)33(16-19-5-3-6-20(11-19)21-7-4-9-31-15-21)17-27(28)37(35,36)18-24(34)14-23-8-1-2-10-32-23/h2-11,13-14,16H,12,15,17H2,1H3;1-13,15,17H,14,16,18H2. The molecular weight excluding hydrogens is 1020 g/mol. The van der Waals surface area contributed by atoms with E-state index in [-0.39, 0.29) is 63.5 Å². The van der Waals surface area contributed by atoms with Crippen molar-refractivity contribution in [3.8, 4) is 28.3 Å². The number of carbonyl (C=O) groups excluding carboxylic acids is 2. The number of nitrogens with zero attached hydrogens (tertiary/aromatic N) is 7. The first-order valence-corrected chi connectivity index (χ1v) is 26.5. The number of hydrogen-bond acceptors (Lipinski definition) is 12. The number of hydrogen-bond donors (Lipinski definition) is 0. The van der Waals surface area contributed by atoms with Crippen molar-refractivity contribution in [1.29, 1.82) is 0 Å². The molecule has 0 spiro atoms. The van der Waals surface area contributed by atoms with Gasteiger partial charge in [-0.05, 0) is 82.4 Å². The summed E-state index contributed by atoms with van der Waals surface area (Å²) in [5, 5.41) is -0.503. The summed E-state index contributed by atoms with van der Waals surface area (Å²) in [5.74, 6) is -6.54. The quantitative estimate of drug-likeness (QED) is 0.0788. The Bertz CT molecular complexity index is 4000. The van der Waals surface area contributed by atoms with Crippen molar-refractivity contribution in [1.82, 2.24) is 34.1 Å². The van der Waals surface area contributed by atoms with Crippen LogP contribution in [0.2, 0.25) is 0 Å². The number of carbonyl (C=O) groups is 2. The Balaban J connectivity index is 0.000000186. The molecule has 0 amide bonds. The molecule has 10 aromatic rings. The van der Waals surface area contributed by atoms with E-state index in [1.807, 2.05) is 48.5 Å². The molecule has 20 heteroatoms. The lowest BCUT2D eigenvalue weighted by Crippen LogP contribution is -2.18. The van der Waals surface area contributed by atoms with Gasteiger partial charge in [0.2, 0.25) is 0 Å². The highest BCUT2D eigenvalue weighted by atomic mass is 32.2. The first-order valence-electron chi connectivity index (χ1n) is 23.2. The minimum atomic E-state index is -4.26. The third kappa shape index (κ3) is 12.1. The van der Waals surface area contributed by atoms with E-state index < -0.39 is 66.0 Å². The van der Waals surface area contributed by atoms with Crippen molar-refractivity contribution < 1.29 is 48.7 Å². The highest BCUT2D eigenvalue weighted by molar-refractivity contribution is 7.92. The predicted molar refractivity (Wildman–Crippen MR) is 276 cm³/mol. The highest BCUT2D eigenvalue weighted by Gasteiger charge is 2.29. The number of pyridine rings is 3. The topological polar surface area (TPSA) is 186 Å². The number of aromatic nitrogens is 7. The molecule has 0 N–H and O–H groups in total. The van der Waals surface area contributed by atoms with Crippen molar-refractivity contribution in [3.05, 3.63) is 217 Å². The largest absolute Gasteiger partial charge is 0.467 e. The molecule has 0 bridgehead atoms. The third-order valence-corrected chi connectivity index (χ3v) is 15.4. The van der Waals surface area contributed by atoms with Gasteiger partial charge >= 0.3 is 6.01 Å². The fourth-order valence-corrected chi connectivity index (χ4v) is 11.6. The summed E-state index contributed by atoms with van der Waals surface area (Å²) in [6.07, 6.45) is 11.8. The Morgan fingerprint density at radius 3 is 1.42 bits per heavy atom. The van der Waals surface area contributed by atoms with E-state index >= 15 is 0 Å². The monoisotopic (exact) mass is 1070 g/mol. The molecule has 6 heterocycles. The van der Waals surface area contributed by atoms with Gasteiger partial charge in [-0.15, -0.1) is 0 Å². The van der Waals surface area contributed by atoms with Crippen LogP contribution < -0.4 is 4.74 Å². The maximum absolute atomic E-state index is 15.0. The SMILES string of the molecule is COc1ncc(-c2cccc(Cn3cc(S(=O)(=O)CC(=O)Cc4ccccn4)c4c(F)cc(F)cc43)c2)cn1.O=C(Cc1ccccn1)CS(=O)(=O)c1cn(Cc2cccc(-c3cccnc3)c2)c2cc(F)cc(F)c12. The van der Waals surface area contributed by atoms with Crippen LogP contribution in [-0.2, 0) is 55.2 Å². The van der Waals surface area contributed by atoms with Gasteiger partial charge in [0, 0.05) is 105 Å². The fraction of sp³-hybridized carbons (Fsp3) is 0.125. The molecule has 0 aliphatic rings. The fourth-order valence-electron chi connectivity index (χ4n) is 8.63. The molecule has 0 atom stereocenters. The average molecular weight is 1070 g/mol. The molecule has 0 saturated heterocycles. The van der Waals surface area contributed by atoms with Crippen LogP contribution in [-0.4, -0.2) is 81.1 Å². The second-order valence-electron chi connectivity index (χ2n) is 17.5. The van der Waals surface area contributed by atoms with Crippen molar-refractivity contribution >= 4 is 53.0 Å². The van der Waals surface area contributed by atoms with Crippen molar-refractivity contribution in [2.45, 2.75) is 35.7 Å². The van der Waals surface area contributed by atoms with Crippen LogP contribution in [0.1, 0.15) is 22.5 Å². The molecule has 0 saturated carbocycles. The van der Waals surface area contributed by atoms with Gasteiger partial charge in [0.05, 0.1) is 38.7 Å². The number of ether oxygens (including phenoxy) is 1. The summed E-state index contributed by atoms with van der Waals surface area (Å²) in [5.41, 5.74) is 5.83. The number of ketones is 2. The van der Waals surface area contributed by atoms with Gasteiger partial charge < -0.3 is 13.9 Å². The zero-order valence-electron chi connectivity index (χ0n) is 40.2. The zero-order valence-corrected chi connectivity index (χ0v) is 41.9. The Morgan fingerprint density at radius 1 is 0.513 bits per heavy atom. The van der Waals surface area contributed by atoms with Crippen molar-refractivity contribution in [2.75, 3.05) is 18.6 Å². The molecule has 14 nitrogen and oxygen atoms in total. The number of fused-ring (bicyclic) bond motifs is 2.